The molecule has 0 aliphatic rings. The van der Waals surface area contributed by atoms with Crippen molar-refractivity contribution in [3.63, 3.8) is 0 Å². The van der Waals surface area contributed by atoms with E-state index in [1.165, 1.54) is 6.07 Å². The maximum atomic E-state index is 14.4. The predicted molar refractivity (Wildman–Crippen MR) is 127 cm³/mol. The first-order valence-electron chi connectivity index (χ1n) is 11.1. The number of allylic oxidation sites excluding steroid dienone is 1. The molecule has 1 N–H and O–H groups in total. The van der Waals surface area contributed by atoms with E-state index in [1.54, 1.807) is 36.1 Å². The Labute approximate surface area is 194 Å². The van der Waals surface area contributed by atoms with Crippen LogP contribution in [0.5, 0.6) is 11.6 Å². The zero-order chi connectivity index (χ0) is 23.6. The van der Waals surface area contributed by atoms with E-state index in [0.29, 0.717) is 38.5 Å². The van der Waals surface area contributed by atoms with E-state index in [1.807, 2.05) is 37.3 Å². The summed E-state index contributed by atoms with van der Waals surface area (Å²) in [6.45, 7) is 7.71. The van der Waals surface area contributed by atoms with Crippen LogP contribution in [0.2, 0.25) is 0 Å². The number of aliphatic hydroxyl groups excluding tert-OH is 1. The third-order valence-corrected chi connectivity index (χ3v) is 5.35. The highest BCUT2D eigenvalue weighted by molar-refractivity contribution is 5.43. The van der Waals surface area contributed by atoms with E-state index in [-0.39, 0.29) is 5.75 Å². The minimum atomic E-state index is -0.500. The number of hydrogen-bond acceptors (Lipinski definition) is 5. The Morgan fingerprint density at radius 3 is 2.61 bits per heavy atom. The lowest BCUT2D eigenvalue weighted by molar-refractivity contribution is 0.0804. The van der Waals surface area contributed by atoms with Gasteiger partial charge in [-0.3, -0.25) is 4.90 Å². The molecule has 0 fully saturated rings. The fourth-order valence-corrected chi connectivity index (χ4v) is 3.58. The van der Waals surface area contributed by atoms with E-state index in [9.17, 15) is 9.50 Å². The summed E-state index contributed by atoms with van der Waals surface area (Å²) in [6.07, 6.45) is 2.68. The van der Waals surface area contributed by atoms with Crippen LogP contribution in [0.1, 0.15) is 24.1 Å². The Balaban J connectivity index is 1.97. The molecule has 7 heteroatoms. The first-order chi connectivity index (χ1) is 16.0. The van der Waals surface area contributed by atoms with Gasteiger partial charge in [-0.25, -0.2) is 9.07 Å². The molecule has 176 valence electrons. The summed E-state index contributed by atoms with van der Waals surface area (Å²) in [5.74, 6) is 0.134. The van der Waals surface area contributed by atoms with Gasteiger partial charge in [-0.05, 0) is 44.0 Å². The molecule has 1 aromatic heterocycles. The van der Waals surface area contributed by atoms with E-state index >= 15 is 0 Å². The summed E-state index contributed by atoms with van der Waals surface area (Å²) >= 11 is 0. The van der Waals surface area contributed by atoms with Crippen LogP contribution in [-0.4, -0.2) is 52.7 Å². The summed E-state index contributed by atoms with van der Waals surface area (Å²) in [4.78, 5) is 2.10. The molecular weight excluding hydrogens is 421 g/mol. The molecule has 0 amide bonds. The number of hydrogen-bond donors (Lipinski definition) is 1. The van der Waals surface area contributed by atoms with Gasteiger partial charge >= 0.3 is 0 Å². The second-order valence-corrected chi connectivity index (χ2v) is 7.90. The number of aliphatic hydroxyl groups is 1. The Hall–Kier alpha value is -3.00. The quantitative estimate of drug-likeness (QED) is 0.374. The molecule has 0 bridgehead atoms. The normalized spacial score (nSPS) is 12.2. The van der Waals surface area contributed by atoms with Gasteiger partial charge in [-0.2, -0.15) is 5.10 Å². The first-order valence-corrected chi connectivity index (χ1v) is 11.1. The molecule has 6 nitrogen and oxygen atoms in total. The summed E-state index contributed by atoms with van der Waals surface area (Å²) in [5.41, 5.74) is 2.41. The molecule has 33 heavy (non-hydrogen) atoms. The lowest BCUT2D eigenvalue weighted by Gasteiger charge is -2.25. The molecule has 1 atom stereocenters. The minimum absolute atomic E-state index is 0.130. The van der Waals surface area contributed by atoms with E-state index < -0.39 is 11.9 Å². The summed E-state index contributed by atoms with van der Waals surface area (Å²) < 4.78 is 27.5. The van der Waals surface area contributed by atoms with Crippen molar-refractivity contribution in [2.45, 2.75) is 32.4 Å². The number of halogens is 1. The zero-order valence-corrected chi connectivity index (χ0v) is 19.3. The standard InChI is InChI=1S/C26H32FN3O3/c1-4-5-13-22(31)18-29(16-17-32-3)19-23-20(2)28-30(21-11-7-6-8-12-21)26(23)33-25-15-10-9-14-24(25)27/h4,6-12,14-15,22,31H,1,5,13,16-19H2,2-3H3/t22-/m1/s1. The summed E-state index contributed by atoms with van der Waals surface area (Å²) in [6, 6.07) is 15.9. The molecule has 2 aromatic carbocycles. The topological polar surface area (TPSA) is 59.8 Å². The third kappa shape index (κ3) is 6.74. The SMILES string of the molecule is C=CCC[C@@H](O)CN(CCOC)Cc1c(C)nn(-c2ccccc2)c1Oc1ccccc1F. The Morgan fingerprint density at radius 1 is 1.18 bits per heavy atom. The summed E-state index contributed by atoms with van der Waals surface area (Å²) in [7, 11) is 1.65. The predicted octanol–water partition coefficient (Wildman–Crippen LogP) is 4.89. The molecule has 0 saturated heterocycles. The van der Waals surface area contributed by atoms with Crippen molar-refractivity contribution in [2.75, 3.05) is 26.8 Å². The fraction of sp³-hybridized carbons (Fsp3) is 0.346. The van der Waals surface area contributed by atoms with Gasteiger partial charge in [0.25, 0.3) is 0 Å². The minimum Gasteiger partial charge on any atom is -0.435 e. The van der Waals surface area contributed by atoms with Crippen LogP contribution in [0, 0.1) is 12.7 Å². The highest BCUT2D eigenvalue weighted by atomic mass is 19.1. The van der Waals surface area contributed by atoms with Crippen LogP contribution in [0.25, 0.3) is 5.69 Å². The van der Waals surface area contributed by atoms with Gasteiger partial charge in [0.1, 0.15) is 0 Å². The van der Waals surface area contributed by atoms with Crippen molar-refractivity contribution in [3.8, 4) is 17.3 Å². The van der Waals surface area contributed by atoms with Crippen molar-refractivity contribution in [1.82, 2.24) is 14.7 Å². The van der Waals surface area contributed by atoms with Gasteiger partial charge in [0, 0.05) is 26.7 Å². The van der Waals surface area contributed by atoms with Crippen LogP contribution in [-0.2, 0) is 11.3 Å². The van der Waals surface area contributed by atoms with Gasteiger partial charge in [0.05, 0.1) is 29.7 Å². The molecule has 0 aliphatic heterocycles. The second-order valence-electron chi connectivity index (χ2n) is 7.90. The average molecular weight is 454 g/mol. The fourth-order valence-electron chi connectivity index (χ4n) is 3.58. The highest BCUT2D eigenvalue weighted by Gasteiger charge is 2.23. The molecule has 0 aliphatic carbocycles. The monoisotopic (exact) mass is 453 g/mol. The third-order valence-electron chi connectivity index (χ3n) is 5.35. The van der Waals surface area contributed by atoms with Gasteiger partial charge in [-0.15, -0.1) is 6.58 Å². The number of aromatic nitrogens is 2. The van der Waals surface area contributed by atoms with Gasteiger partial charge in [-0.1, -0.05) is 36.4 Å². The largest absolute Gasteiger partial charge is 0.435 e. The molecule has 1 heterocycles. The molecule has 3 rings (SSSR count). The molecule has 0 radical (unpaired) electrons. The Bertz CT molecular complexity index is 1020. The van der Waals surface area contributed by atoms with Crippen LogP contribution in [0.4, 0.5) is 4.39 Å². The number of benzene rings is 2. The van der Waals surface area contributed by atoms with E-state index in [2.05, 4.69) is 11.5 Å². The van der Waals surface area contributed by atoms with Crippen LogP contribution >= 0.6 is 0 Å². The van der Waals surface area contributed by atoms with Gasteiger partial charge in [0.2, 0.25) is 5.88 Å². The zero-order valence-electron chi connectivity index (χ0n) is 19.3. The summed E-state index contributed by atoms with van der Waals surface area (Å²) in [5, 5.41) is 15.2. The van der Waals surface area contributed by atoms with Gasteiger partial charge < -0.3 is 14.6 Å². The highest BCUT2D eigenvalue weighted by Crippen LogP contribution is 2.32. The number of para-hydroxylation sites is 2. The van der Waals surface area contributed by atoms with E-state index in [0.717, 1.165) is 23.4 Å². The number of rotatable bonds is 13. The Morgan fingerprint density at radius 2 is 1.91 bits per heavy atom. The van der Waals surface area contributed by atoms with Crippen molar-refractivity contribution in [2.24, 2.45) is 0 Å². The maximum absolute atomic E-state index is 14.4. The molecule has 0 spiro atoms. The van der Waals surface area contributed by atoms with Crippen molar-refractivity contribution in [1.29, 1.82) is 0 Å². The Kier molecular flexibility index (Phi) is 9.18. The van der Waals surface area contributed by atoms with Crippen LogP contribution in [0.15, 0.2) is 67.3 Å². The first kappa shape index (κ1) is 24.6. The van der Waals surface area contributed by atoms with Crippen molar-refractivity contribution >= 4 is 0 Å². The van der Waals surface area contributed by atoms with Crippen molar-refractivity contribution in [3.05, 3.63) is 84.3 Å². The lowest BCUT2D eigenvalue weighted by atomic mass is 10.1. The second kappa shape index (κ2) is 12.3. The maximum Gasteiger partial charge on any atom is 0.227 e. The number of ether oxygens (including phenoxy) is 2. The molecule has 3 aromatic rings. The molecule has 0 unspecified atom stereocenters. The van der Waals surface area contributed by atoms with Crippen LogP contribution in [0.3, 0.4) is 0 Å². The number of aryl methyl sites for hydroxylation is 1. The van der Waals surface area contributed by atoms with E-state index in [4.69, 9.17) is 14.6 Å². The average Bonchev–Trinajstić information content (AvgIpc) is 3.13. The number of nitrogens with zero attached hydrogens (tertiary/aromatic N) is 3. The molecule has 0 saturated carbocycles. The number of methoxy groups -OCH3 is 1. The lowest BCUT2D eigenvalue weighted by Crippen LogP contribution is -2.34. The van der Waals surface area contributed by atoms with Gasteiger partial charge in [0.15, 0.2) is 11.6 Å². The van der Waals surface area contributed by atoms with Crippen LogP contribution < -0.4 is 4.74 Å². The van der Waals surface area contributed by atoms with Crippen molar-refractivity contribution < 1.29 is 19.0 Å². The smallest absolute Gasteiger partial charge is 0.227 e. The molecular formula is C26H32FN3O3.